The number of aliphatic hydroxyl groups is 1. The highest BCUT2D eigenvalue weighted by Crippen LogP contribution is 2.23. The Morgan fingerprint density at radius 1 is 1.14 bits per heavy atom. The zero-order chi connectivity index (χ0) is 15.7. The summed E-state index contributed by atoms with van der Waals surface area (Å²) in [5, 5.41) is 15.0. The van der Waals surface area contributed by atoms with E-state index in [1.54, 1.807) is 0 Å². The van der Waals surface area contributed by atoms with Gasteiger partial charge in [-0.25, -0.2) is 0 Å². The topological polar surface area (TPSA) is 78.4 Å². The summed E-state index contributed by atoms with van der Waals surface area (Å²) in [7, 11) is 0. The second-order valence-corrected chi connectivity index (χ2v) is 6.46. The number of carbonyl (C=O) groups excluding carboxylic acids is 2. The first-order chi connectivity index (χ1) is 10.0. The van der Waals surface area contributed by atoms with Crippen molar-refractivity contribution in [1.82, 2.24) is 10.6 Å². The summed E-state index contributed by atoms with van der Waals surface area (Å²) in [5.41, 5.74) is 0. The smallest absolute Gasteiger partial charge is 0.239 e. The Morgan fingerprint density at radius 2 is 1.86 bits per heavy atom. The van der Waals surface area contributed by atoms with Crippen molar-refractivity contribution in [2.75, 3.05) is 13.2 Å². The standard InChI is InChI=1S/C16H30N2O3/c1-12(2)8-9-15(20)17-10-16(21)18-14-7-5-3-4-6-13(14)11-19/h12-14,19H,3-11H2,1-2H3,(H,17,20)(H,18,21). The van der Waals surface area contributed by atoms with Crippen LogP contribution in [-0.2, 0) is 9.59 Å². The van der Waals surface area contributed by atoms with Gasteiger partial charge >= 0.3 is 0 Å². The molecule has 1 fully saturated rings. The lowest BCUT2D eigenvalue weighted by Crippen LogP contribution is -2.45. The lowest BCUT2D eigenvalue weighted by atomic mass is 9.95. The molecule has 1 rings (SSSR count). The van der Waals surface area contributed by atoms with E-state index in [0.29, 0.717) is 12.3 Å². The number of amides is 2. The summed E-state index contributed by atoms with van der Waals surface area (Å²) >= 11 is 0. The van der Waals surface area contributed by atoms with E-state index in [-0.39, 0.29) is 36.9 Å². The van der Waals surface area contributed by atoms with Crippen LogP contribution in [0.3, 0.4) is 0 Å². The molecule has 0 saturated heterocycles. The number of hydrogen-bond donors (Lipinski definition) is 3. The average molecular weight is 298 g/mol. The normalized spacial score (nSPS) is 22.7. The molecule has 122 valence electrons. The van der Waals surface area contributed by atoms with Gasteiger partial charge in [0.05, 0.1) is 6.54 Å². The van der Waals surface area contributed by atoms with Gasteiger partial charge in [0.25, 0.3) is 0 Å². The molecule has 21 heavy (non-hydrogen) atoms. The molecule has 0 radical (unpaired) electrons. The van der Waals surface area contributed by atoms with Crippen LogP contribution in [0.2, 0.25) is 0 Å². The molecule has 0 aromatic rings. The summed E-state index contributed by atoms with van der Waals surface area (Å²) in [4.78, 5) is 23.5. The van der Waals surface area contributed by atoms with Crippen LogP contribution in [0, 0.1) is 11.8 Å². The van der Waals surface area contributed by atoms with Gasteiger partial charge in [0, 0.05) is 25.0 Å². The van der Waals surface area contributed by atoms with Crippen LogP contribution in [0.25, 0.3) is 0 Å². The van der Waals surface area contributed by atoms with Crippen LogP contribution in [0.5, 0.6) is 0 Å². The van der Waals surface area contributed by atoms with E-state index in [9.17, 15) is 14.7 Å². The van der Waals surface area contributed by atoms with Crippen LogP contribution >= 0.6 is 0 Å². The lowest BCUT2D eigenvalue weighted by Gasteiger charge is -2.24. The van der Waals surface area contributed by atoms with Crippen molar-refractivity contribution in [1.29, 1.82) is 0 Å². The minimum absolute atomic E-state index is 0.0333. The molecule has 0 aliphatic heterocycles. The predicted octanol–water partition coefficient (Wildman–Crippen LogP) is 1.60. The van der Waals surface area contributed by atoms with E-state index in [0.717, 1.165) is 38.5 Å². The first-order valence-electron chi connectivity index (χ1n) is 8.19. The molecule has 2 amide bonds. The summed E-state index contributed by atoms with van der Waals surface area (Å²) in [5.74, 6) is 0.408. The number of aliphatic hydroxyl groups excluding tert-OH is 1. The molecule has 5 heteroatoms. The van der Waals surface area contributed by atoms with Gasteiger partial charge in [-0.05, 0) is 25.2 Å². The molecule has 0 bridgehead atoms. The number of hydrogen-bond acceptors (Lipinski definition) is 3. The Morgan fingerprint density at radius 3 is 2.52 bits per heavy atom. The minimum atomic E-state index is -0.154. The quantitative estimate of drug-likeness (QED) is 0.625. The van der Waals surface area contributed by atoms with Crippen molar-refractivity contribution in [2.45, 2.75) is 64.8 Å². The van der Waals surface area contributed by atoms with E-state index in [4.69, 9.17) is 0 Å². The zero-order valence-electron chi connectivity index (χ0n) is 13.4. The molecule has 1 aliphatic rings. The second kappa shape index (κ2) is 9.77. The van der Waals surface area contributed by atoms with E-state index in [2.05, 4.69) is 24.5 Å². The minimum Gasteiger partial charge on any atom is -0.396 e. The van der Waals surface area contributed by atoms with Gasteiger partial charge in [0.2, 0.25) is 11.8 Å². The molecular weight excluding hydrogens is 268 g/mol. The van der Waals surface area contributed by atoms with Crippen LogP contribution in [-0.4, -0.2) is 36.1 Å². The Bertz CT molecular complexity index is 331. The van der Waals surface area contributed by atoms with Crippen molar-refractivity contribution < 1.29 is 14.7 Å². The summed E-state index contributed by atoms with van der Waals surface area (Å²) in [6.07, 6.45) is 6.54. The van der Waals surface area contributed by atoms with Gasteiger partial charge in [-0.15, -0.1) is 0 Å². The monoisotopic (exact) mass is 298 g/mol. The van der Waals surface area contributed by atoms with Crippen molar-refractivity contribution in [3.05, 3.63) is 0 Å². The van der Waals surface area contributed by atoms with E-state index < -0.39 is 0 Å². The second-order valence-electron chi connectivity index (χ2n) is 6.46. The van der Waals surface area contributed by atoms with Gasteiger partial charge in [-0.2, -0.15) is 0 Å². The SMILES string of the molecule is CC(C)CCC(=O)NCC(=O)NC1CCCCCC1CO. The maximum atomic E-state index is 11.9. The molecule has 0 spiro atoms. The predicted molar refractivity (Wildman–Crippen MR) is 82.7 cm³/mol. The molecule has 1 saturated carbocycles. The maximum Gasteiger partial charge on any atom is 0.239 e. The first kappa shape index (κ1) is 18.0. The van der Waals surface area contributed by atoms with Gasteiger partial charge < -0.3 is 15.7 Å². The number of rotatable bonds is 7. The van der Waals surface area contributed by atoms with E-state index in [1.165, 1.54) is 0 Å². The zero-order valence-corrected chi connectivity index (χ0v) is 13.4. The average Bonchev–Trinajstić information content (AvgIpc) is 2.67. The summed E-state index contributed by atoms with van der Waals surface area (Å²) in [6, 6.07) is 0.0394. The number of carbonyl (C=O) groups is 2. The van der Waals surface area contributed by atoms with Gasteiger partial charge in [0.1, 0.15) is 0 Å². The Hall–Kier alpha value is -1.10. The summed E-state index contributed by atoms with van der Waals surface area (Å²) < 4.78 is 0. The molecule has 0 heterocycles. The molecule has 3 N–H and O–H groups in total. The van der Waals surface area contributed by atoms with Crippen molar-refractivity contribution in [3.8, 4) is 0 Å². The Kier molecular flexibility index (Phi) is 8.35. The number of nitrogens with one attached hydrogen (secondary N) is 2. The molecule has 0 aromatic carbocycles. The molecule has 1 aliphatic carbocycles. The van der Waals surface area contributed by atoms with Crippen LogP contribution in [0.15, 0.2) is 0 Å². The van der Waals surface area contributed by atoms with E-state index >= 15 is 0 Å². The highest BCUT2D eigenvalue weighted by molar-refractivity contribution is 5.84. The Balaban J connectivity index is 2.29. The third-order valence-corrected chi connectivity index (χ3v) is 4.13. The summed E-state index contributed by atoms with van der Waals surface area (Å²) in [6.45, 7) is 4.29. The third-order valence-electron chi connectivity index (χ3n) is 4.13. The van der Waals surface area contributed by atoms with Gasteiger partial charge in [-0.1, -0.05) is 33.1 Å². The fourth-order valence-electron chi connectivity index (χ4n) is 2.74. The third kappa shape index (κ3) is 7.46. The van der Waals surface area contributed by atoms with Crippen molar-refractivity contribution in [3.63, 3.8) is 0 Å². The molecule has 0 aromatic heterocycles. The van der Waals surface area contributed by atoms with Gasteiger partial charge in [-0.3, -0.25) is 9.59 Å². The molecular formula is C16H30N2O3. The van der Waals surface area contributed by atoms with Crippen LogP contribution in [0.4, 0.5) is 0 Å². The Labute approximate surface area is 127 Å². The van der Waals surface area contributed by atoms with Crippen LogP contribution < -0.4 is 10.6 Å². The maximum absolute atomic E-state index is 11.9. The largest absolute Gasteiger partial charge is 0.396 e. The fraction of sp³-hybridized carbons (Fsp3) is 0.875. The molecule has 2 atom stereocenters. The van der Waals surface area contributed by atoms with Gasteiger partial charge in [0.15, 0.2) is 0 Å². The first-order valence-corrected chi connectivity index (χ1v) is 8.19. The molecule has 2 unspecified atom stereocenters. The van der Waals surface area contributed by atoms with Crippen molar-refractivity contribution in [2.24, 2.45) is 11.8 Å². The highest BCUT2D eigenvalue weighted by Gasteiger charge is 2.24. The van der Waals surface area contributed by atoms with Crippen LogP contribution in [0.1, 0.15) is 58.8 Å². The lowest BCUT2D eigenvalue weighted by molar-refractivity contribution is -0.126. The fourth-order valence-corrected chi connectivity index (χ4v) is 2.74. The molecule has 5 nitrogen and oxygen atoms in total. The van der Waals surface area contributed by atoms with E-state index in [1.807, 2.05) is 0 Å². The van der Waals surface area contributed by atoms with Crippen molar-refractivity contribution >= 4 is 11.8 Å². The highest BCUT2D eigenvalue weighted by atomic mass is 16.3.